The third-order valence-electron chi connectivity index (χ3n) is 10.6. The first kappa shape index (κ1) is 51.5. The van der Waals surface area contributed by atoms with Crippen molar-refractivity contribution in [3.05, 3.63) is 36.5 Å². The van der Waals surface area contributed by atoms with Gasteiger partial charge < -0.3 is 25.7 Å². The molecule has 6 heteroatoms. The molecule has 0 heterocycles. The van der Waals surface area contributed by atoms with Gasteiger partial charge in [0.05, 0.1) is 18.8 Å². The molecule has 0 bridgehead atoms. The molecule has 6 nitrogen and oxygen atoms in total. The summed E-state index contributed by atoms with van der Waals surface area (Å²) in [6.07, 6.45) is 49.2. The van der Waals surface area contributed by atoms with Gasteiger partial charge >= 0.3 is 0 Å². The van der Waals surface area contributed by atoms with Crippen molar-refractivity contribution < 1.29 is 25.2 Å². The summed E-state index contributed by atoms with van der Waals surface area (Å²) >= 11 is 0. The summed E-state index contributed by atoms with van der Waals surface area (Å²) in [6.45, 7) is 4.00. The lowest BCUT2D eigenvalue weighted by molar-refractivity contribution is -0.132. The number of unbranched alkanes of at least 4 members (excludes halogenated alkanes) is 26. The van der Waals surface area contributed by atoms with Crippen molar-refractivity contribution in [2.45, 2.75) is 250 Å². The normalized spacial score (nSPS) is 14.5. The lowest BCUT2D eigenvalue weighted by atomic mass is 10.00. The third-order valence-corrected chi connectivity index (χ3v) is 10.6. The lowest BCUT2D eigenvalue weighted by Gasteiger charge is -2.27. The maximum atomic E-state index is 12.4. The van der Waals surface area contributed by atoms with E-state index in [2.05, 4.69) is 55.6 Å². The van der Waals surface area contributed by atoms with E-state index in [4.69, 9.17) is 0 Å². The molecule has 0 saturated carbocycles. The Kier molecular flexibility index (Phi) is 40.5. The Morgan fingerprint density at radius 3 is 1.19 bits per heavy atom. The van der Waals surface area contributed by atoms with Crippen LogP contribution >= 0.6 is 0 Å². The van der Waals surface area contributed by atoms with Gasteiger partial charge in [-0.3, -0.25) is 4.79 Å². The Labute approximate surface area is 328 Å². The molecule has 0 fully saturated rings. The van der Waals surface area contributed by atoms with Crippen LogP contribution in [0.1, 0.15) is 226 Å². The Hall–Kier alpha value is -1.47. The smallest absolute Gasteiger partial charge is 0.249 e. The van der Waals surface area contributed by atoms with Gasteiger partial charge in [0.2, 0.25) is 5.91 Å². The van der Waals surface area contributed by atoms with Gasteiger partial charge in [0.25, 0.3) is 0 Å². The summed E-state index contributed by atoms with van der Waals surface area (Å²) in [6, 6.07) is -1.01. The molecule has 0 aliphatic rings. The van der Waals surface area contributed by atoms with Crippen LogP contribution in [0, 0.1) is 0 Å². The summed E-state index contributed by atoms with van der Waals surface area (Å²) in [5.41, 5.74) is 0. The monoisotopic (exact) mass is 748 g/mol. The molecule has 0 saturated heterocycles. The van der Waals surface area contributed by atoms with Crippen LogP contribution in [-0.4, -0.2) is 57.3 Å². The lowest BCUT2D eigenvalue weighted by Crippen LogP contribution is -2.53. The fourth-order valence-corrected chi connectivity index (χ4v) is 6.91. The van der Waals surface area contributed by atoms with Gasteiger partial charge in [0.1, 0.15) is 12.2 Å². The van der Waals surface area contributed by atoms with Crippen molar-refractivity contribution in [2.24, 2.45) is 0 Å². The number of nitrogens with one attached hydrogen (secondary N) is 1. The number of allylic oxidation sites excluding steroid dienone is 6. The van der Waals surface area contributed by atoms with Gasteiger partial charge in [-0.1, -0.05) is 198 Å². The van der Waals surface area contributed by atoms with E-state index in [1.807, 2.05) is 0 Å². The Bertz CT molecular complexity index is 843. The fraction of sp³-hybridized carbons (Fsp3) is 0.851. The summed E-state index contributed by atoms with van der Waals surface area (Å²) in [5.74, 6) is -0.603. The van der Waals surface area contributed by atoms with E-state index >= 15 is 0 Å². The zero-order valence-corrected chi connectivity index (χ0v) is 35.0. The molecule has 312 valence electrons. The van der Waals surface area contributed by atoms with Crippen LogP contribution in [0.15, 0.2) is 36.5 Å². The highest BCUT2D eigenvalue weighted by Crippen LogP contribution is 2.15. The molecule has 0 rings (SSSR count). The van der Waals surface area contributed by atoms with E-state index in [1.54, 1.807) is 0 Å². The average molecular weight is 748 g/mol. The highest BCUT2D eigenvalue weighted by atomic mass is 16.3. The second kappa shape index (κ2) is 41.7. The Morgan fingerprint density at radius 1 is 0.453 bits per heavy atom. The van der Waals surface area contributed by atoms with Gasteiger partial charge in [0.15, 0.2) is 0 Å². The van der Waals surface area contributed by atoms with Gasteiger partial charge in [0, 0.05) is 0 Å². The Balaban J connectivity index is 3.72. The number of rotatable bonds is 41. The zero-order valence-electron chi connectivity index (χ0n) is 35.0. The highest BCUT2D eigenvalue weighted by molar-refractivity contribution is 5.80. The predicted octanol–water partition coefficient (Wildman–Crippen LogP) is 12.1. The van der Waals surface area contributed by atoms with Crippen molar-refractivity contribution in [2.75, 3.05) is 6.61 Å². The molecular formula is C47H89NO5. The maximum absolute atomic E-state index is 12.4. The molecule has 5 N–H and O–H groups in total. The molecule has 0 aromatic carbocycles. The van der Waals surface area contributed by atoms with Crippen molar-refractivity contribution in [3.63, 3.8) is 0 Å². The molecule has 0 spiro atoms. The summed E-state index contributed by atoms with van der Waals surface area (Å²) in [5, 5.41) is 43.5. The van der Waals surface area contributed by atoms with Crippen molar-refractivity contribution in [3.8, 4) is 0 Å². The van der Waals surface area contributed by atoms with Crippen LogP contribution in [0.5, 0.6) is 0 Å². The van der Waals surface area contributed by atoms with E-state index < -0.39 is 36.9 Å². The molecule has 0 aliphatic carbocycles. The maximum Gasteiger partial charge on any atom is 0.249 e. The number of carbonyl (C=O) groups is 1. The largest absolute Gasteiger partial charge is 0.394 e. The van der Waals surface area contributed by atoms with Crippen LogP contribution in [0.3, 0.4) is 0 Å². The highest BCUT2D eigenvalue weighted by Gasteiger charge is 2.28. The van der Waals surface area contributed by atoms with Crippen LogP contribution in [0.2, 0.25) is 0 Å². The topological polar surface area (TPSA) is 110 Å². The van der Waals surface area contributed by atoms with E-state index in [-0.39, 0.29) is 0 Å². The van der Waals surface area contributed by atoms with E-state index in [0.29, 0.717) is 19.3 Å². The summed E-state index contributed by atoms with van der Waals surface area (Å²) < 4.78 is 0. The molecule has 1 amide bonds. The van der Waals surface area contributed by atoms with Gasteiger partial charge in [-0.15, -0.1) is 0 Å². The third kappa shape index (κ3) is 36.0. The standard InChI is InChI=1S/C47H89NO5/c1-3-5-7-9-11-13-14-15-16-17-18-19-20-21-22-23-24-25-26-27-28-29-30-31-33-34-36-38-40-44(50)46(52)43(42-49)48-47(53)45(51)41-39-37-35-32-12-10-8-6-4-2/h24-25,28-29,33-34,43-46,49-52H,3-23,26-27,30-32,35-42H2,1-2H3,(H,48,53)/b25-24+,29-28+,34-33+. The van der Waals surface area contributed by atoms with Crippen LogP contribution in [-0.2, 0) is 4.79 Å². The molecular weight excluding hydrogens is 659 g/mol. The summed E-state index contributed by atoms with van der Waals surface area (Å²) in [4.78, 5) is 12.4. The number of hydrogen-bond acceptors (Lipinski definition) is 5. The quantitative estimate of drug-likeness (QED) is 0.0316. The minimum Gasteiger partial charge on any atom is -0.394 e. The minimum atomic E-state index is -1.29. The Morgan fingerprint density at radius 2 is 0.792 bits per heavy atom. The first-order valence-corrected chi connectivity index (χ1v) is 22.9. The van der Waals surface area contributed by atoms with Gasteiger partial charge in [-0.25, -0.2) is 0 Å². The number of aliphatic hydroxyl groups is 4. The average Bonchev–Trinajstić information content (AvgIpc) is 3.16. The molecule has 0 aromatic rings. The summed E-state index contributed by atoms with van der Waals surface area (Å²) in [7, 11) is 0. The van der Waals surface area contributed by atoms with E-state index in [9.17, 15) is 25.2 Å². The van der Waals surface area contributed by atoms with Crippen LogP contribution in [0.25, 0.3) is 0 Å². The SMILES string of the molecule is CCCCCCCCCCCCCCCCC/C=C/CC/C=C/CC/C=C/CCCC(O)C(O)C(CO)NC(=O)C(O)CCCCCCCCCCC. The van der Waals surface area contributed by atoms with E-state index in [1.165, 1.54) is 141 Å². The van der Waals surface area contributed by atoms with E-state index in [0.717, 1.165) is 51.4 Å². The van der Waals surface area contributed by atoms with Crippen molar-refractivity contribution in [1.82, 2.24) is 5.32 Å². The number of aliphatic hydroxyl groups excluding tert-OH is 4. The predicted molar refractivity (Wildman–Crippen MR) is 228 cm³/mol. The first-order valence-electron chi connectivity index (χ1n) is 22.9. The van der Waals surface area contributed by atoms with Gasteiger partial charge in [-0.2, -0.15) is 0 Å². The number of carbonyl (C=O) groups excluding carboxylic acids is 1. The van der Waals surface area contributed by atoms with Crippen molar-refractivity contribution >= 4 is 5.91 Å². The molecule has 0 aromatic heterocycles. The minimum absolute atomic E-state index is 0.359. The number of hydrogen-bond donors (Lipinski definition) is 5. The molecule has 4 atom stereocenters. The van der Waals surface area contributed by atoms with Crippen LogP contribution in [0.4, 0.5) is 0 Å². The molecule has 53 heavy (non-hydrogen) atoms. The first-order chi connectivity index (χ1) is 26.0. The van der Waals surface area contributed by atoms with Crippen molar-refractivity contribution in [1.29, 1.82) is 0 Å². The second-order valence-electron chi connectivity index (χ2n) is 15.7. The molecule has 0 aliphatic heterocycles. The fourth-order valence-electron chi connectivity index (χ4n) is 6.91. The second-order valence-corrected chi connectivity index (χ2v) is 15.7. The van der Waals surface area contributed by atoms with Gasteiger partial charge in [-0.05, 0) is 64.2 Å². The molecule has 4 unspecified atom stereocenters. The number of amides is 1. The zero-order chi connectivity index (χ0) is 38.9. The van der Waals surface area contributed by atoms with Crippen LogP contribution < -0.4 is 5.32 Å². The molecule has 0 radical (unpaired) electrons.